The van der Waals surface area contributed by atoms with E-state index in [0.29, 0.717) is 18.1 Å². The molecule has 1 spiro atoms. The largest absolute Gasteiger partial charge is 0.457 e. The number of rotatable bonds is 4. The Bertz CT molecular complexity index is 872. The fourth-order valence-corrected chi connectivity index (χ4v) is 4.77. The highest BCUT2D eigenvalue weighted by Crippen LogP contribution is 2.46. The highest BCUT2D eigenvalue weighted by Gasteiger charge is 2.61. The van der Waals surface area contributed by atoms with Crippen molar-refractivity contribution in [3.63, 3.8) is 0 Å². The van der Waals surface area contributed by atoms with E-state index in [0.717, 1.165) is 37.6 Å². The van der Waals surface area contributed by atoms with Crippen molar-refractivity contribution in [2.75, 3.05) is 19.7 Å². The topological polar surface area (TPSA) is 42.0 Å². The maximum atomic E-state index is 12.3. The van der Waals surface area contributed by atoms with Crippen molar-refractivity contribution >= 4 is 17.5 Å². The number of halogens is 1. The van der Waals surface area contributed by atoms with Gasteiger partial charge in [0.05, 0.1) is 12.6 Å². The first-order valence-electron chi connectivity index (χ1n) is 9.35. The van der Waals surface area contributed by atoms with Crippen LogP contribution in [0.1, 0.15) is 18.4 Å². The zero-order chi connectivity index (χ0) is 18.4. The first-order valence-corrected chi connectivity index (χ1v) is 9.73. The third kappa shape index (κ3) is 2.90. The lowest BCUT2D eigenvalue weighted by molar-refractivity contribution is -0.136. The van der Waals surface area contributed by atoms with E-state index in [2.05, 4.69) is 17.0 Å². The van der Waals surface area contributed by atoms with Gasteiger partial charge in [0.1, 0.15) is 11.5 Å². The Morgan fingerprint density at radius 1 is 1.15 bits per heavy atom. The van der Waals surface area contributed by atoms with Gasteiger partial charge in [0.25, 0.3) is 0 Å². The number of hydrogen-bond acceptors (Lipinski definition) is 4. The molecular formula is C21H21ClN2O3. The second kappa shape index (κ2) is 6.51. The molecule has 3 heterocycles. The van der Waals surface area contributed by atoms with Gasteiger partial charge >= 0.3 is 0 Å². The fourth-order valence-electron chi connectivity index (χ4n) is 4.65. The Labute approximate surface area is 163 Å². The number of carbonyl (C=O) groups is 1. The van der Waals surface area contributed by atoms with Crippen LogP contribution in [0.2, 0.25) is 5.02 Å². The van der Waals surface area contributed by atoms with Crippen LogP contribution in [-0.4, -0.2) is 47.2 Å². The van der Waals surface area contributed by atoms with E-state index in [4.69, 9.17) is 21.1 Å². The predicted molar refractivity (Wildman–Crippen MR) is 102 cm³/mol. The lowest BCUT2D eigenvalue weighted by Gasteiger charge is -2.31. The summed E-state index contributed by atoms with van der Waals surface area (Å²) in [6.07, 6.45) is 1.45. The molecule has 0 radical (unpaired) electrons. The van der Waals surface area contributed by atoms with Crippen molar-refractivity contribution in [3.8, 4) is 11.5 Å². The van der Waals surface area contributed by atoms with Crippen molar-refractivity contribution in [1.29, 1.82) is 0 Å². The number of nitrogens with zero attached hydrogens (tertiary/aromatic N) is 2. The second-order valence-corrected chi connectivity index (χ2v) is 7.82. The summed E-state index contributed by atoms with van der Waals surface area (Å²) < 4.78 is 12.0. The van der Waals surface area contributed by atoms with Crippen LogP contribution in [0.15, 0.2) is 48.5 Å². The summed E-state index contributed by atoms with van der Waals surface area (Å²) in [6, 6.07) is 15.6. The van der Waals surface area contributed by atoms with Crippen molar-refractivity contribution in [3.05, 3.63) is 59.1 Å². The minimum Gasteiger partial charge on any atom is -0.457 e. The second-order valence-electron chi connectivity index (χ2n) is 7.38. The number of benzene rings is 2. The van der Waals surface area contributed by atoms with Gasteiger partial charge in [-0.25, -0.2) is 0 Å². The Morgan fingerprint density at radius 3 is 2.85 bits per heavy atom. The van der Waals surface area contributed by atoms with Crippen LogP contribution >= 0.6 is 11.6 Å². The van der Waals surface area contributed by atoms with E-state index in [1.54, 1.807) is 0 Å². The summed E-state index contributed by atoms with van der Waals surface area (Å²) in [5.74, 6) is 1.78. The molecule has 6 heteroatoms. The molecule has 5 nitrogen and oxygen atoms in total. The first-order chi connectivity index (χ1) is 13.1. The van der Waals surface area contributed by atoms with Crippen LogP contribution in [0.3, 0.4) is 0 Å². The molecule has 3 aliphatic heterocycles. The first kappa shape index (κ1) is 17.0. The zero-order valence-corrected chi connectivity index (χ0v) is 15.7. The molecule has 2 atom stereocenters. The van der Waals surface area contributed by atoms with Gasteiger partial charge in [-0.05, 0) is 42.0 Å². The lowest BCUT2D eigenvalue weighted by atomic mass is 10.1. The monoisotopic (exact) mass is 384 g/mol. The SMILES string of the molecule is O=C1C[C@H]2N(Cc3cccc(Oc4ccc(Cl)cc4)c3)CC[C@]23OCCN13. The number of hydrogen-bond donors (Lipinski definition) is 0. The Balaban J connectivity index is 1.32. The summed E-state index contributed by atoms with van der Waals surface area (Å²) in [4.78, 5) is 16.7. The molecule has 0 aromatic heterocycles. The number of ether oxygens (including phenoxy) is 2. The Hall–Kier alpha value is -2.08. The fraction of sp³-hybridized carbons (Fsp3) is 0.381. The van der Waals surface area contributed by atoms with E-state index < -0.39 is 0 Å². The molecule has 2 aromatic carbocycles. The molecule has 0 bridgehead atoms. The van der Waals surface area contributed by atoms with Gasteiger partial charge in [0, 0.05) is 37.5 Å². The minimum atomic E-state index is -0.380. The molecule has 3 aliphatic rings. The zero-order valence-electron chi connectivity index (χ0n) is 14.9. The molecule has 0 unspecified atom stereocenters. The van der Waals surface area contributed by atoms with Crippen molar-refractivity contribution in [2.45, 2.75) is 31.2 Å². The highest BCUT2D eigenvalue weighted by molar-refractivity contribution is 6.30. The van der Waals surface area contributed by atoms with Crippen LogP contribution in [0.5, 0.6) is 11.5 Å². The number of likely N-dealkylation sites (tertiary alicyclic amines) is 1. The molecule has 2 aromatic rings. The molecule has 140 valence electrons. The summed E-state index contributed by atoms with van der Waals surface area (Å²) in [5, 5.41) is 0.688. The van der Waals surface area contributed by atoms with Gasteiger partial charge < -0.3 is 14.4 Å². The third-order valence-electron chi connectivity index (χ3n) is 5.84. The molecule has 5 rings (SSSR count). The lowest BCUT2D eigenvalue weighted by Crippen LogP contribution is -2.47. The van der Waals surface area contributed by atoms with Crippen LogP contribution in [0.4, 0.5) is 0 Å². The molecular weight excluding hydrogens is 364 g/mol. The van der Waals surface area contributed by atoms with E-state index in [9.17, 15) is 4.79 Å². The number of amides is 1. The molecule has 0 saturated carbocycles. The normalized spacial score (nSPS) is 27.1. The summed E-state index contributed by atoms with van der Waals surface area (Å²) in [7, 11) is 0. The van der Waals surface area contributed by atoms with Gasteiger partial charge in [-0.15, -0.1) is 0 Å². The van der Waals surface area contributed by atoms with Gasteiger partial charge in [-0.1, -0.05) is 23.7 Å². The van der Waals surface area contributed by atoms with Crippen molar-refractivity contribution in [2.24, 2.45) is 0 Å². The predicted octanol–water partition coefficient (Wildman–Crippen LogP) is 3.67. The average Bonchev–Trinajstić information content (AvgIpc) is 3.30. The summed E-state index contributed by atoms with van der Waals surface area (Å²) in [5.41, 5.74) is 0.788. The molecule has 1 amide bonds. The van der Waals surface area contributed by atoms with Crippen molar-refractivity contribution in [1.82, 2.24) is 9.80 Å². The van der Waals surface area contributed by atoms with Gasteiger partial charge in [0.2, 0.25) is 5.91 Å². The minimum absolute atomic E-state index is 0.147. The van der Waals surface area contributed by atoms with Gasteiger partial charge in [-0.3, -0.25) is 9.69 Å². The third-order valence-corrected chi connectivity index (χ3v) is 6.10. The van der Waals surface area contributed by atoms with E-state index in [1.165, 1.54) is 5.56 Å². The van der Waals surface area contributed by atoms with Gasteiger partial charge in [0.15, 0.2) is 5.72 Å². The number of carbonyl (C=O) groups excluding carboxylic acids is 1. The quantitative estimate of drug-likeness (QED) is 0.806. The Morgan fingerprint density at radius 2 is 2.00 bits per heavy atom. The van der Waals surface area contributed by atoms with Crippen LogP contribution in [0.25, 0.3) is 0 Å². The van der Waals surface area contributed by atoms with Crippen LogP contribution in [0, 0.1) is 0 Å². The van der Waals surface area contributed by atoms with E-state index in [1.807, 2.05) is 41.3 Å². The molecule has 0 aliphatic carbocycles. The maximum Gasteiger partial charge on any atom is 0.226 e. The Kier molecular flexibility index (Phi) is 4.11. The highest BCUT2D eigenvalue weighted by atomic mass is 35.5. The molecule has 27 heavy (non-hydrogen) atoms. The van der Waals surface area contributed by atoms with Gasteiger partial charge in [-0.2, -0.15) is 0 Å². The van der Waals surface area contributed by atoms with Crippen LogP contribution in [-0.2, 0) is 16.1 Å². The van der Waals surface area contributed by atoms with E-state index >= 15 is 0 Å². The summed E-state index contributed by atoms with van der Waals surface area (Å²) >= 11 is 5.93. The maximum absolute atomic E-state index is 12.3. The van der Waals surface area contributed by atoms with Crippen LogP contribution < -0.4 is 4.74 Å². The summed E-state index contributed by atoms with van der Waals surface area (Å²) in [6.45, 7) is 3.11. The van der Waals surface area contributed by atoms with Crippen molar-refractivity contribution < 1.29 is 14.3 Å². The van der Waals surface area contributed by atoms with E-state index in [-0.39, 0.29) is 17.7 Å². The smallest absolute Gasteiger partial charge is 0.226 e. The molecule has 3 saturated heterocycles. The molecule has 3 fully saturated rings. The standard InChI is InChI=1S/C21H21ClN2O3/c22-16-4-6-17(7-5-16)27-18-3-1-2-15(12-18)14-23-9-8-21-19(23)13-20(25)24(21)10-11-26-21/h1-7,12,19H,8-11,13-14H2/t19-,21+/m1/s1. The average molecular weight is 385 g/mol. The molecule has 0 N–H and O–H groups in total.